The van der Waals surface area contributed by atoms with Crippen LogP contribution in [0.15, 0.2) is 24.4 Å². The molecule has 0 unspecified atom stereocenters. The molecular weight excluding hydrogens is 410 g/mol. The Morgan fingerprint density at radius 3 is 3.00 bits per heavy atom. The molecular formula is C22H29N7O3. The normalized spacial score (nSPS) is 19.1. The highest BCUT2D eigenvalue weighted by Gasteiger charge is 2.30. The van der Waals surface area contributed by atoms with Crippen LogP contribution in [0.4, 0.5) is 10.6 Å². The van der Waals surface area contributed by atoms with Gasteiger partial charge >= 0.3 is 6.09 Å². The molecule has 3 N–H and O–H groups in total. The average molecular weight is 440 g/mol. The van der Waals surface area contributed by atoms with Gasteiger partial charge in [-0.05, 0) is 51.7 Å². The summed E-state index contributed by atoms with van der Waals surface area (Å²) in [6.45, 7) is 5.88. The van der Waals surface area contributed by atoms with Crippen LogP contribution in [0.3, 0.4) is 0 Å². The fourth-order valence-electron chi connectivity index (χ4n) is 3.90. The zero-order chi connectivity index (χ0) is 22.7. The second kappa shape index (κ2) is 9.37. The van der Waals surface area contributed by atoms with Gasteiger partial charge < -0.3 is 15.4 Å². The van der Waals surface area contributed by atoms with E-state index in [-0.39, 0.29) is 36.5 Å². The molecule has 0 radical (unpaired) electrons. The van der Waals surface area contributed by atoms with Gasteiger partial charge in [0, 0.05) is 23.7 Å². The van der Waals surface area contributed by atoms with Gasteiger partial charge in [-0.15, -0.1) is 0 Å². The van der Waals surface area contributed by atoms with Crippen molar-refractivity contribution in [1.82, 2.24) is 30.1 Å². The lowest BCUT2D eigenvalue weighted by Gasteiger charge is -2.16. The Morgan fingerprint density at radius 2 is 2.19 bits per heavy atom. The first-order chi connectivity index (χ1) is 15.4. The van der Waals surface area contributed by atoms with Crippen molar-refractivity contribution in [3.05, 3.63) is 41.5 Å². The average Bonchev–Trinajstić information content (AvgIpc) is 3.49. The smallest absolute Gasteiger partial charge is 0.407 e. The Labute approximate surface area is 186 Å². The number of amides is 2. The van der Waals surface area contributed by atoms with Crippen molar-refractivity contribution in [2.75, 3.05) is 5.32 Å². The predicted molar refractivity (Wildman–Crippen MR) is 118 cm³/mol. The maximum absolute atomic E-state index is 12.5. The molecule has 10 heteroatoms. The summed E-state index contributed by atoms with van der Waals surface area (Å²) in [6.07, 6.45) is 4.70. The Bertz CT molecular complexity index is 1110. The van der Waals surface area contributed by atoms with Crippen LogP contribution in [0.2, 0.25) is 0 Å². The van der Waals surface area contributed by atoms with Crippen LogP contribution in [0.25, 0.3) is 5.65 Å². The number of aromatic amines is 1. The number of aryl methyl sites for hydroxylation is 1. The zero-order valence-electron chi connectivity index (χ0n) is 18.6. The number of nitrogens with one attached hydrogen (secondary N) is 3. The molecule has 0 bridgehead atoms. The summed E-state index contributed by atoms with van der Waals surface area (Å²) in [5, 5.41) is 17.3. The number of hydrogen-bond donors (Lipinski definition) is 3. The third kappa shape index (κ3) is 5.06. The van der Waals surface area contributed by atoms with E-state index in [1.165, 1.54) is 0 Å². The Kier molecular flexibility index (Phi) is 6.38. The Hall–Kier alpha value is -3.43. The molecule has 1 aliphatic carbocycles. The molecule has 0 saturated heterocycles. The van der Waals surface area contributed by atoms with Crippen LogP contribution in [0, 0.1) is 6.92 Å². The number of H-pyrrole nitrogens is 1. The molecule has 1 saturated carbocycles. The van der Waals surface area contributed by atoms with E-state index in [1.54, 1.807) is 16.8 Å². The molecule has 0 spiro atoms. The molecule has 3 atom stereocenters. The van der Waals surface area contributed by atoms with E-state index in [9.17, 15) is 9.59 Å². The van der Waals surface area contributed by atoms with Crippen LogP contribution in [-0.4, -0.2) is 48.9 Å². The summed E-state index contributed by atoms with van der Waals surface area (Å²) in [6, 6.07) is 5.59. The predicted octanol–water partition coefficient (Wildman–Crippen LogP) is 3.10. The first kappa shape index (κ1) is 21.8. The summed E-state index contributed by atoms with van der Waals surface area (Å²) >= 11 is 0. The summed E-state index contributed by atoms with van der Waals surface area (Å²) in [4.78, 5) is 28.7. The lowest BCUT2D eigenvalue weighted by Crippen LogP contribution is -2.34. The fourth-order valence-corrected chi connectivity index (χ4v) is 3.90. The Morgan fingerprint density at radius 1 is 1.34 bits per heavy atom. The van der Waals surface area contributed by atoms with Crippen LogP contribution in [-0.2, 0) is 16.0 Å². The van der Waals surface area contributed by atoms with E-state index in [0.717, 1.165) is 42.7 Å². The number of rotatable bonds is 7. The molecule has 170 valence electrons. The number of carbonyl (C=O) groups excluding carboxylic acids is 2. The largest absolute Gasteiger partial charge is 0.446 e. The molecule has 10 nitrogen and oxygen atoms in total. The molecule has 0 aliphatic heterocycles. The van der Waals surface area contributed by atoms with Crippen LogP contribution >= 0.6 is 0 Å². The summed E-state index contributed by atoms with van der Waals surface area (Å²) in [5.41, 5.74) is 3.25. The van der Waals surface area contributed by atoms with E-state index in [4.69, 9.17) is 4.74 Å². The SMILES string of the molecule is CC[C@H](C)NC(=O)O[C@@H]1CC[C@H](c2cc(NC(=O)Cc3ccc4ncc(C)n4n3)n[nH]2)C1. The second-order valence-corrected chi connectivity index (χ2v) is 8.42. The molecule has 2 amide bonds. The van der Waals surface area contributed by atoms with Crippen LogP contribution in [0.1, 0.15) is 62.5 Å². The van der Waals surface area contributed by atoms with Gasteiger partial charge in [0.15, 0.2) is 11.5 Å². The maximum atomic E-state index is 12.5. The highest BCUT2D eigenvalue weighted by Crippen LogP contribution is 2.35. The van der Waals surface area contributed by atoms with E-state index in [0.29, 0.717) is 11.5 Å². The maximum Gasteiger partial charge on any atom is 0.407 e. The van der Waals surface area contributed by atoms with Gasteiger partial charge in [-0.1, -0.05) is 6.92 Å². The fraction of sp³-hybridized carbons (Fsp3) is 0.500. The molecule has 3 heterocycles. The standard InChI is InChI=1S/C22H29N7O3/c1-4-13(2)24-22(31)32-17-7-5-15(9-17)18-11-19(27-26-18)25-21(30)10-16-6-8-20-23-12-14(3)29(20)28-16/h6,8,11-13,15,17H,4-5,7,9-10H2,1-3H3,(H,24,31)(H2,25,26,27,30)/t13-,15-,17+/m0/s1. The van der Waals surface area contributed by atoms with E-state index in [2.05, 4.69) is 30.9 Å². The van der Waals surface area contributed by atoms with Crippen molar-refractivity contribution in [3.8, 4) is 0 Å². The summed E-state index contributed by atoms with van der Waals surface area (Å²) in [7, 11) is 0. The molecule has 1 fully saturated rings. The van der Waals surface area contributed by atoms with Crippen molar-refractivity contribution in [3.63, 3.8) is 0 Å². The molecule has 0 aromatic carbocycles. The number of aromatic nitrogens is 5. The number of imidazole rings is 1. The summed E-state index contributed by atoms with van der Waals surface area (Å²) in [5.74, 6) is 0.494. The highest BCUT2D eigenvalue weighted by atomic mass is 16.6. The van der Waals surface area contributed by atoms with Crippen molar-refractivity contribution in [2.45, 2.75) is 70.9 Å². The minimum absolute atomic E-state index is 0.0968. The number of anilines is 1. The van der Waals surface area contributed by atoms with Gasteiger partial charge in [0.1, 0.15) is 6.10 Å². The molecule has 32 heavy (non-hydrogen) atoms. The number of ether oxygens (including phenoxy) is 1. The number of alkyl carbamates (subject to hydrolysis) is 1. The van der Waals surface area contributed by atoms with Crippen molar-refractivity contribution >= 4 is 23.5 Å². The first-order valence-electron chi connectivity index (χ1n) is 11.0. The van der Waals surface area contributed by atoms with Crippen LogP contribution < -0.4 is 10.6 Å². The van der Waals surface area contributed by atoms with Gasteiger partial charge in [-0.25, -0.2) is 14.3 Å². The molecule has 1 aliphatic rings. The second-order valence-electron chi connectivity index (χ2n) is 8.42. The minimum atomic E-state index is -0.361. The first-order valence-corrected chi connectivity index (χ1v) is 11.0. The lowest BCUT2D eigenvalue weighted by molar-refractivity contribution is -0.115. The monoisotopic (exact) mass is 439 g/mol. The minimum Gasteiger partial charge on any atom is -0.446 e. The number of carbonyl (C=O) groups is 2. The Balaban J connectivity index is 1.29. The van der Waals surface area contributed by atoms with Crippen molar-refractivity contribution in [1.29, 1.82) is 0 Å². The number of nitrogens with zero attached hydrogens (tertiary/aromatic N) is 4. The molecule has 4 rings (SSSR count). The lowest BCUT2D eigenvalue weighted by atomic mass is 10.0. The molecule has 3 aromatic heterocycles. The highest BCUT2D eigenvalue weighted by molar-refractivity contribution is 5.91. The topological polar surface area (TPSA) is 126 Å². The van der Waals surface area contributed by atoms with Crippen molar-refractivity contribution < 1.29 is 14.3 Å². The van der Waals surface area contributed by atoms with Gasteiger partial charge in [0.25, 0.3) is 0 Å². The molecule has 3 aromatic rings. The summed E-state index contributed by atoms with van der Waals surface area (Å²) < 4.78 is 7.26. The quantitative estimate of drug-likeness (QED) is 0.519. The third-order valence-corrected chi connectivity index (χ3v) is 5.87. The van der Waals surface area contributed by atoms with E-state index < -0.39 is 0 Å². The number of fused-ring (bicyclic) bond motifs is 1. The third-order valence-electron chi connectivity index (χ3n) is 5.87. The zero-order valence-corrected chi connectivity index (χ0v) is 18.6. The van der Waals surface area contributed by atoms with E-state index >= 15 is 0 Å². The van der Waals surface area contributed by atoms with Gasteiger partial charge in [-0.2, -0.15) is 10.2 Å². The van der Waals surface area contributed by atoms with Gasteiger partial charge in [0.2, 0.25) is 5.91 Å². The number of hydrogen-bond acceptors (Lipinski definition) is 6. The van der Waals surface area contributed by atoms with Gasteiger partial charge in [-0.3, -0.25) is 9.89 Å². The van der Waals surface area contributed by atoms with Gasteiger partial charge in [0.05, 0.1) is 24.0 Å². The van der Waals surface area contributed by atoms with Crippen molar-refractivity contribution in [2.24, 2.45) is 0 Å². The van der Waals surface area contributed by atoms with Crippen LogP contribution in [0.5, 0.6) is 0 Å². The van der Waals surface area contributed by atoms with E-state index in [1.807, 2.05) is 32.9 Å².